The fourth-order valence-electron chi connectivity index (χ4n) is 1.24. The molecule has 1 radical (unpaired) electrons. The van der Waals surface area contributed by atoms with Gasteiger partial charge in [0, 0.05) is 6.20 Å². The van der Waals surface area contributed by atoms with Crippen LogP contribution in [0.1, 0.15) is 15.9 Å². The third-order valence-electron chi connectivity index (χ3n) is 2.04. The van der Waals surface area contributed by atoms with E-state index in [0.717, 1.165) is 5.56 Å². The number of aromatic nitrogens is 1. The fraction of sp³-hybridized carbons (Fsp3) is 0.0769. The Morgan fingerprint density at radius 1 is 1.19 bits per heavy atom. The lowest BCUT2D eigenvalue weighted by Crippen LogP contribution is -2.05. The molecule has 2 aromatic rings. The second-order valence-electron chi connectivity index (χ2n) is 3.22. The number of ether oxygens (including phenoxy) is 1. The van der Waals surface area contributed by atoms with Crippen molar-refractivity contribution in [2.75, 3.05) is 0 Å². The molecule has 16 heavy (non-hydrogen) atoms. The fourth-order valence-corrected chi connectivity index (χ4v) is 1.24. The van der Waals surface area contributed by atoms with Crippen LogP contribution in [0, 0.1) is 6.20 Å². The molecule has 0 aliphatic carbocycles. The SMILES string of the molecule is O=C(OCc1ccccc1)c1[c]nccc1. The maximum absolute atomic E-state index is 11.5. The van der Waals surface area contributed by atoms with E-state index in [-0.39, 0.29) is 6.61 Å². The summed E-state index contributed by atoms with van der Waals surface area (Å²) < 4.78 is 5.10. The highest BCUT2D eigenvalue weighted by Gasteiger charge is 2.06. The monoisotopic (exact) mass is 212 g/mol. The molecule has 0 saturated heterocycles. The van der Waals surface area contributed by atoms with Gasteiger partial charge in [-0.2, -0.15) is 0 Å². The van der Waals surface area contributed by atoms with E-state index in [0.29, 0.717) is 5.56 Å². The van der Waals surface area contributed by atoms with E-state index in [9.17, 15) is 4.79 Å². The van der Waals surface area contributed by atoms with Gasteiger partial charge in [-0.15, -0.1) is 0 Å². The van der Waals surface area contributed by atoms with Gasteiger partial charge in [0.2, 0.25) is 0 Å². The topological polar surface area (TPSA) is 39.2 Å². The van der Waals surface area contributed by atoms with Gasteiger partial charge in [0.1, 0.15) is 12.8 Å². The molecule has 3 nitrogen and oxygen atoms in total. The Bertz CT molecular complexity index is 454. The van der Waals surface area contributed by atoms with Gasteiger partial charge in [-0.25, -0.2) is 4.79 Å². The van der Waals surface area contributed by atoms with Crippen LogP contribution in [0.3, 0.4) is 0 Å². The van der Waals surface area contributed by atoms with Gasteiger partial charge in [-0.1, -0.05) is 30.3 Å². The number of rotatable bonds is 3. The minimum Gasteiger partial charge on any atom is -0.457 e. The first-order chi connectivity index (χ1) is 7.86. The van der Waals surface area contributed by atoms with Crippen molar-refractivity contribution in [3.8, 4) is 0 Å². The average Bonchev–Trinajstić information content (AvgIpc) is 2.38. The summed E-state index contributed by atoms with van der Waals surface area (Å²) in [6.07, 6.45) is 4.14. The first-order valence-corrected chi connectivity index (χ1v) is 4.90. The maximum Gasteiger partial charge on any atom is 0.340 e. The van der Waals surface area contributed by atoms with Crippen LogP contribution in [0.15, 0.2) is 48.7 Å². The molecule has 1 aromatic heterocycles. The van der Waals surface area contributed by atoms with E-state index in [2.05, 4.69) is 11.2 Å². The molecule has 0 fully saturated rings. The Kier molecular flexibility index (Phi) is 3.28. The van der Waals surface area contributed by atoms with Crippen LogP contribution in [0.2, 0.25) is 0 Å². The summed E-state index contributed by atoms with van der Waals surface area (Å²) in [4.78, 5) is 15.3. The van der Waals surface area contributed by atoms with Crippen molar-refractivity contribution in [1.29, 1.82) is 0 Å². The van der Waals surface area contributed by atoms with Gasteiger partial charge < -0.3 is 4.74 Å². The first kappa shape index (κ1) is 10.4. The minimum absolute atomic E-state index is 0.266. The zero-order valence-corrected chi connectivity index (χ0v) is 8.59. The Labute approximate surface area is 93.7 Å². The average molecular weight is 212 g/mol. The molecular weight excluding hydrogens is 202 g/mol. The van der Waals surface area contributed by atoms with Crippen LogP contribution < -0.4 is 0 Å². The highest BCUT2D eigenvalue weighted by atomic mass is 16.5. The number of nitrogens with zero attached hydrogens (tertiary/aromatic N) is 1. The lowest BCUT2D eigenvalue weighted by molar-refractivity contribution is 0.0472. The molecular formula is C13H10NO2. The maximum atomic E-state index is 11.5. The molecule has 0 unspecified atom stereocenters. The molecule has 3 heteroatoms. The Hall–Kier alpha value is -2.16. The summed E-state index contributed by atoms with van der Waals surface area (Å²) in [6, 6.07) is 12.8. The number of pyridine rings is 1. The van der Waals surface area contributed by atoms with E-state index < -0.39 is 5.97 Å². The molecule has 0 saturated carbocycles. The van der Waals surface area contributed by atoms with Crippen LogP contribution in [-0.2, 0) is 11.3 Å². The third kappa shape index (κ3) is 2.67. The van der Waals surface area contributed by atoms with Crippen LogP contribution in [0.25, 0.3) is 0 Å². The molecule has 0 spiro atoms. The lowest BCUT2D eigenvalue weighted by atomic mass is 10.2. The zero-order chi connectivity index (χ0) is 11.2. The van der Waals surface area contributed by atoms with E-state index in [4.69, 9.17) is 4.74 Å². The molecule has 0 aliphatic heterocycles. The molecule has 0 atom stereocenters. The van der Waals surface area contributed by atoms with Crippen molar-refractivity contribution in [2.24, 2.45) is 0 Å². The van der Waals surface area contributed by atoms with Gasteiger partial charge in [0.25, 0.3) is 0 Å². The van der Waals surface area contributed by atoms with E-state index in [1.165, 1.54) is 0 Å². The largest absolute Gasteiger partial charge is 0.457 e. The van der Waals surface area contributed by atoms with E-state index >= 15 is 0 Å². The smallest absolute Gasteiger partial charge is 0.340 e. The third-order valence-corrected chi connectivity index (χ3v) is 2.04. The number of carbonyl (C=O) groups is 1. The number of benzene rings is 1. The number of carbonyl (C=O) groups excluding carboxylic acids is 1. The van der Waals surface area contributed by atoms with Crippen molar-refractivity contribution in [3.63, 3.8) is 0 Å². The zero-order valence-electron chi connectivity index (χ0n) is 8.59. The summed E-state index contributed by atoms with van der Waals surface area (Å²) in [5.41, 5.74) is 1.30. The van der Waals surface area contributed by atoms with Gasteiger partial charge in [0.05, 0.1) is 5.56 Å². The second kappa shape index (κ2) is 5.07. The minimum atomic E-state index is -0.406. The van der Waals surface area contributed by atoms with Crippen LogP contribution >= 0.6 is 0 Å². The summed E-state index contributed by atoms with van der Waals surface area (Å²) in [5.74, 6) is -0.406. The van der Waals surface area contributed by atoms with Crippen LogP contribution in [0.4, 0.5) is 0 Å². The molecule has 1 heterocycles. The van der Waals surface area contributed by atoms with Crippen molar-refractivity contribution in [2.45, 2.75) is 6.61 Å². The molecule has 0 aliphatic rings. The van der Waals surface area contributed by atoms with E-state index in [1.807, 2.05) is 30.3 Å². The molecule has 0 bridgehead atoms. The predicted molar refractivity (Wildman–Crippen MR) is 58.6 cm³/mol. The lowest BCUT2D eigenvalue weighted by Gasteiger charge is -2.03. The Balaban J connectivity index is 1.95. The number of hydrogen-bond acceptors (Lipinski definition) is 3. The number of esters is 1. The van der Waals surface area contributed by atoms with Gasteiger partial charge in [0.15, 0.2) is 0 Å². The van der Waals surface area contributed by atoms with Crippen molar-refractivity contribution in [3.05, 3.63) is 66.0 Å². The summed E-state index contributed by atoms with van der Waals surface area (Å²) in [7, 11) is 0. The Morgan fingerprint density at radius 3 is 2.69 bits per heavy atom. The van der Waals surface area contributed by atoms with Gasteiger partial charge >= 0.3 is 5.97 Å². The summed E-state index contributed by atoms with van der Waals surface area (Å²) >= 11 is 0. The first-order valence-electron chi connectivity index (χ1n) is 4.90. The Morgan fingerprint density at radius 2 is 2.00 bits per heavy atom. The van der Waals surface area contributed by atoms with Crippen molar-refractivity contribution < 1.29 is 9.53 Å². The molecule has 79 valence electrons. The highest BCUT2D eigenvalue weighted by molar-refractivity contribution is 5.88. The van der Waals surface area contributed by atoms with Gasteiger partial charge in [-0.05, 0) is 17.7 Å². The second-order valence-corrected chi connectivity index (χ2v) is 3.22. The normalized spacial score (nSPS) is 9.75. The van der Waals surface area contributed by atoms with Crippen LogP contribution in [0.5, 0.6) is 0 Å². The predicted octanol–water partition coefficient (Wildman–Crippen LogP) is 2.24. The van der Waals surface area contributed by atoms with E-state index in [1.54, 1.807) is 18.3 Å². The highest BCUT2D eigenvalue weighted by Crippen LogP contribution is 2.04. The van der Waals surface area contributed by atoms with Gasteiger partial charge in [-0.3, -0.25) is 4.98 Å². The molecule has 0 N–H and O–H groups in total. The summed E-state index contributed by atoms with van der Waals surface area (Å²) in [6.45, 7) is 0.266. The standard InChI is InChI=1S/C13H10NO2/c15-13(12-7-4-8-14-9-12)16-10-11-5-2-1-3-6-11/h1-8H,10H2. The van der Waals surface area contributed by atoms with Crippen molar-refractivity contribution >= 4 is 5.97 Å². The molecule has 1 aromatic carbocycles. The summed E-state index contributed by atoms with van der Waals surface area (Å²) in [5, 5.41) is 0. The quantitative estimate of drug-likeness (QED) is 0.732. The molecule has 0 amide bonds. The number of hydrogen-bond donors (Lipinski definition) is 0. The van der Waals surface area contributed by atoms with Crippen LogP contribution in [-0.4, -0.2) is 11.0 Å². The van der Waals surface area contributed by atoms with Crippen molar-refractivity contribution in [1.82, 2.24) is 4.98 Å². The molecule has 2 rings (SSSR count).